The van der Waals surface area contributed by atoms with Gasteiger partial charge in [0.2, 0.25) is 0 Å². The molecule has 10 N–H and O–H groups in total. The van der Waals surface area contributed by atoms with Crippen molar-refractivity contribution in [1.82, 2.24) is 0 Å². The van der Waals surface area contributed by atoms with Crippen LogP contribution in [0.2, 0.25) is 0 Å². The number of hydrogen-bond donors (Lipinski definition) is 9. The molecule has 1 rings (SSSR count). The van der Waals surface area contributed by atoms with E-state index in [1.807, 2.05) is 0 Å². The van der Waals surface area contributed by atoms with Gasteiger partial charge in [-0.3, -0.25) is 13.6 Å². The summed E-state index contributed by atoms with van der Waals surface area (Å²) < 4.78 is 45.1. The van der Waals surface area contributed by atoms with Crippen molar-refractivity contribution in [2.75, 3.05) is 0 Å². The molecule has 0 radical (unpaired) electrons. The molecule has 1 aliphatic carbocycles. The van der Waals surface area contributed by atoms with E-state index in [0.717, 1.165) is 0 Å². The lowest BCUT2D eigenvalue weighted by Gasteiger charge is -2.45. The Morgan fingerprint density at radius 3 is 1.33 bits per heavy atom. The van der Waals surface area contributed by atoms with Crippen LogP contribution in [-0.4, -0.2) is 76.1 Å². The lowest BCUT2D eigenvalue weighted by atomic mass is 9.84. The highest BCUT2D eigenvalue weighted by atomic mass is 31.2. The van der Waals surface area contributed by atoms with Crippen LogP contribution in [0, 0.1) is 0 Å². The van der Waals surface area contributed by atoms with Crippen molar-refractivity contribution < 1.29 is 66.8 Å². The van der Waals surface area contributed by atoms with Gasteiger partial charge in [-0.25, -0.2) is 13.7 Å². The van der Waals surface area contributed by atoms with Gasteiger partial charge in [0.15, 0.2) is 0 Å². The largest absolute Gasteiger partial charge is 0.470 e. The van der Waals surface area contributed by atoms with Crippen LogP contribution in [0.5, 0.6) is 0 Å². The monoisotopic (exact) mass is 419 g/mol. The molecular weight excluding hydrogens is 403 g/mol. The van der Waals surface area contributed by atoms with E-state index in [4.69, 9.17) is 35.1 Å². The summed E-state index contributed by atoms with van der Waals surface area (Å²) in [6.45, 7) is 0. The zero-order valence-corrected chi connectivity index (χ0v) is 14.1. The van der Waals surface area contributed by atoms with E-state index < -0.39 is 60.0 Å². The Balaban J connectivity index is 3.23. The first-order chi connectivity index (χ1) is 10.5. The Morgan fingerprint density at radius 2 is 0.958 bits per heavy atom. The van der Waals surface area contributed by atoms with Gasteiger partial charge in [0.1, 0.15) is 30.5 Å². The SMILES string of the molecule is NC1C(O)C(OP(=O)(O)O)C(O)C(OP(=O)(O)O)C1OP(=O)(O)O. The second-order valence-electron chi connectivity index (χ2n) is 4.74. The minimum Gasteiger partial charge on any atom is -0.389 e. The smallest absolute Gasteiger partial charge is 0.389 e. The van der Waals surface area contributed by atoms with Crippen LogP contribution in [-0.2, 0) is 27.3 Å². The van der Waals surface area contributed by atoms with Crippen LogP contribution >= 0.6 is 23.5 Å². The molecule has 0 spiro atoms. The van der Waals surface area contributed by atoms with Crippen molar-refractivity contribution in [3.8, 4) is 0 Å². The summed E-state index contributed by atoms with van der Waals surface area (Å²) in [5, 5.41) is 19.7. The summed E-state index contributed by atoms with van der Waals surface area (Å²) in [4.78, 5) is 52.7. The summed E-state index contributed by atoms with van der Waals surface area (Å²) >= 11 is 0. The zero-order chi connectivity index (χ0) is 19.1. The Kier molecular flexibility index (Phi) is 6.90. The maximum Gasteiger partial charge on any atom is 0.470 e. The highest BCUT2D eigenvalue weighted by molar-refractivity contribution is 7.46. The fourth-order valence-corrected chi connectivity index (χ4v) is 3.77. The number of nitrogens with two attached hydrogens (primary N) is 1. The van der Waals surface area contributed by atoms with Crippen LogP contribution in [0.1, 0.15) is 0 Å². The topological polar surface area (TPSA) is 267 Å². The first-order valence-electron chi connectivity index (χ1n) is 5.85. The Hall–Kier alpha value is 0.210. The van der Waals surface area contributed by atoms with Gasteiger partial charge < -0.3 is 45.3 Å². The molecule has 144 valence electrons. The molecule has 0 bridgehead atoms. The molecule has 1 saturated carbocycles. The zero-order valence-electron chi connectivity index (χ0n) is 11.4. The number of rotatable bonds is 6. The maximum absolute atomic E-state index is 11.0. The first-order valence-corrected chi connectivity index (χ1v) is 10.4. The highest BCUT2D eigenvalue weighted by Crippen LogP contribution is 2.48. The number of phosphoric ester groups is 3. The normalized spacial score (nSPS) is 35.9. The molecule has 15 nitrogen and oxygen atoms in total. The molecule has 0 aromatic carbocycles. The lowest BCUT2D eigenvalue weighted by Crippen LogP contribution is -2.67. The number of hydrogen-bond acceptors (Lipinski definition) is 9. The molecule has 18 heteroatoms. The highest BCUT2D eigenvalue weighted by Gasteiger charge is 2.55. The van der Waals surface area contributed by atoms with E-state index >= 15 is 0 Å². The molecule has 6 atom stereocenters. The van der Waals surface area contributed by atoms with Gasteiger partial charge in [0.05, 0.1) is 6.04 Å². The van der Waals surface area contributed by atoms with Gasteiger partial charge in [-0.15, -0.1) is 0 Å². The van der Waals surface area contributed by atoms with Gasteiger partial charge in [0, 0.05) is 0 Å². The molecule has 1 fully saturated rings. The molecular formula is C6H16NO14P3. The summed E-state index contributed by atoms with van der Waals surface area (Å²) in [7, 11) is -16.0. The van der Waals surface area contributed by atoms with Gasteiger partial charge in [-0.05, 0) is 0 Å². The third-order valence-corrected chi connectivity index (χ3v) is 4.44. The minimum atomic E-state index is -5.38. The fourth-order valence-electron chi connectivity index (χ4n) is 2.07. The van der Waals surface area contributed by atoms with Crippen molar-refractivity contribution in [3.63, 3.8) is 0 Å². The van der Waals surface area contributed by atoms with Crippen LogP contribution < -0.4 is 5.73 Å². The average Bonchev–Trinajstić information content (AvgIpc) is 2.32. The Labute approximate surface area is 133 Å². The third-order valence-electron chi connectivity index (χ3n) is 2.88. The maximum atomic E-state index is 11.0. The van der Waals surface area contributed by atoms with Crippen LogP contribution in [0.25, 0.3) is 0 Å². The quantitative estimate of drug-likeness (QED) is 0.189. The van der Waals surface area contributed by atoms with E-state index in [0.29, 0.717) is 0 Å². The minimum absolute atomic E-state index is 1.91. The lowest BCUT2D eigenvalue weighted by molar-refractivity contribution is -0.174. The molecule has 0 aromatic rings. The Morgan fingerprint density at radius 1 is 0.625 bits per heavy atom. The van der Waals surface area contributed by atoms with Crippen molar-refractivity contribution in [2.24, 2.45) is 5.73 Å². The van der Waals surface area contributed by atoms with Crippen molar-refractivity contribution in [2.45, 2.75) is 36.6 Å². The standard InChI is InChI=1S/C6H16NO14P3/c7-1-2(8)5(20-23(13,14)15)3(9)6(21-24(16,17)18)4(1)19-22(10,11)12/h1-6,8-9H,7H2,(H2,10,11,12)(H2,13,14,15)(H2,16,17,18). The molecule has 0 aliphatic heterocycles. The number of aliphatic hydroxyl groups excluding tert-OH is 2. The van der Waals surface area contributed by atoms with E-state index in [2.05, 4.69) is 13.6 Å². The molecule has 0 saturated heterocycles. The number of aliphatic hydroxyl groups is 2. The van der Waals surface area contributed by atoms with Crippen molar-refractivity contribution >= 4 is 23.5 Å². The summed E-state index contributed by atoms with van der Waals surface area (Å²) in [5.74, 6) is 0. The van der Waals surface area contributed by atoms with Crippen molar-refractivity contribution in [3.05, 3.63) is 0 Å². The predicted octanol–water partition coefficient (Wildman–Crippen LogP) is -3.52. The fraction of sp³-hybridized carbons (Fsp3) is 1.00. The number of phosphoric acid groups is 3. The average molecular weight is 419 g/mol. The second kappa shape index (κ2) is 7.45. The van der Waals surface area contributed by atoms with Crippen LogP contribution in [0.4, 0.5) is 0 Å². The summed E-state index contributed by atoms with van der Waals surface area (Å²) in [6, 6.07) is -1.91. The van der Waals surface area contributed by atoms with Crippen molar-refractivity contribution in [1.29, 1.82) is 0 Å². The second-order valence-corrected chi connectivity index (χ2v) is 8.32. The molecule has 0 heterocycles. The third kappa shape index (κ3) is 6.50. The Bertz CT molecular complexity index is 579. The van der Waals surface area contributed by atoms with Crippen LogP contribution in [0.3, 0.4) is 0 Å². The first kappa shape index (κ1) is 22.3. The molecule has 0 amide bonds. The van der Waals surface area contributed by atoms with E-state index in [1.54, 1.807) is 0 Å². The van der Waals surface area contributed by atoms with Gasteiger partial charge in [-0.2, -0.15) is 0 Å². The molecule has 6 unspecified atom stereocenters. The summed E-state index contributed by atoms with van der Waals surface area (Å²) in [6.07, 6.45) is -11.2. The molecule has 0 aromatic heterocycles. The van der Waals surface area contributed by atoms with Gasteiger partial charge >= 0.3 is 23.5 Å². The molecule has 24 heavy (non-hydrogen) atoms. The van der Waals surface area contributed by atoms with E-state index in [1.165, 1.54) is 0 Å². The van der Waals surface area contributed by atoms with Gasteiger partial charge in [0.25, 0.3) is 0 Å². The van der Waals surface area contributed by atoms with Gasteiger partial charge in [-0.1, -0.05) is 0 Å². The summed E-state index contributed by atoms with van der Waals surface area (Å²) in [5.41, 5.74) is 5.42. The molecule has 1 aliphatic rings. The van der Waals surface area contributed by atoms with E-state index in [-0.39, 0.29) is 0 Å². The van der Waals surface area contributed by atoms with E-state index in [9.17, 15) is 23.9 Å². The predicted molar refractivity (Wildman–Crippen MR) is 70.7 cm³/mol. The van der Waals surface area contributed by atoms with Crippen LogP contribution in [0.15, 0.2) is 0 Å².